The smallest absolute Gasteiger partial charge is 0.346 e. The number of carbonyl (C=O) groups is 2. The van der Waals surface area contributed by atoms with Crippen LogP contribution in [0.2, 0.25) is 0 Å². The summed E-state index contributed by atoms with van der Waals surface area (Å²) in [4.78, 5) is 24.7. The standard InChI is InChI=1S/C20H25NO5/c21-15(10-13-6-8-14(22)9-7-13)18(23)17-19(24)16(26-20(17)25)11-12-4-2-1-3-5-12/h6-9,12,15-16,22,24H,1-5,10-11,21H2. The second-order valence-corrected chi connectivity index (χ2v) is 7.24. The third-order valence-corrected chi connectivity index (χ3v) is 5.26. The summed E-state index contributed by atoms with van der Waals surface area (Å²) in [6.45, 7) is 0. The predicted octanol–water partition coefficient (Wildman–Crippen LogP) is 2.54. The number of hydrogen-bond acceptors (Lipinski definition) is 6. The summed E-state index contributed by atoms with van der Waals surface area (Å²) in [6.07, 6.45) is 5.68. The van der Waals surface area contributed by atoms with Crippen molar-refractivity contribution in [1.29, 1.82) is 0 Å². The Morgan fingerprint density at radius 3 is 2.46 bits per heavy atom. The maximum Gasteiger partial charge on any atom is 0.346 e. The summed E-state index contributed by atoms with van der Waals surface area (Å²) in [6, 6.07) is 5.38. The molecule has 0 amide bonds. The van der Waals surface area contributed by atoms with Gasteiger partial charge in [0.15, 0.2) is 17.6 Å². The number of ketones is 1. The van der Waals surface area contributed by atoms with Crippen LogP contribution in [0.1, 0.15) is 44.1 Å². The van der Waals surface area contributed by atoms with Crippen molar-refractivity contribution in [2.45, 2.75) is 57.1 Å². The average molecular weight is 359 g/mol. The minimum absolute atomic E-state index is 0.124. The molecule has 1 aliphatic carbocycles. The van der Waals surface area contributed by atoms with Gasteiger partial charge in [0.2, 0.25) is 0 Å². The highest BCUT2D eigenvalue weighted by Gasteiger charge is 2.40. The van der Waals surface area contributed by atoms with E-state index < -0.39 is 23.9 Å². The quantitative estimate of drug-likeness (QED) is 0.532. The molecule has 3 rings (SSSR count). The number of Topliss-reactive ketones (excluding diaryl/α,β-unsaturated/α-hetero) is 1. The number of nitrogens with two attached hydrogens (primary N) is 1. The zero-order valence-electron chi connectivity index (χ0n) is 14.7. The number of aliphatic hydroxyl groups is 1. The van der Waals surface area contributed by atoms with Gasteiger partial charge in [-0.05, 0) is 36.5 Å². The Labute approximate surface area is 152 Å². The van der Waals surface area contributed by atoms with E-state index >= 15 is 0 Å². The second-order valence-electron chi connectivity index (χ2n) is 7.24. The van der Waals surface area contributed by atoms with Gasteiger partial charge in [0, 0.05) is 0 Å². The highest BCUT2D eigenvalue weighted by atomic mass is 16.6. The number of ether oxygens (including phenoxy) is 1. The molecule has 1 fully saturated rings. The molecule has 0 spiro atoms. The summed E-state index contributed by atoms with van der Waals surface area (Å²) in [5.74, 6) is -1.13. The third-order valence-electron chi connectivity index (χ3n) is 5.26. The maximum absolute atomic E-state index is 12.6. The highest BCUT2D eigenvalue weighted by molar-refractivity contribution is 6.20. The number of phenolic OH excluding ortho intramolecular Hbond substituents is 1. The fourth-order valence-electron chi connectivity index (χ4n) is 3.79. The monoisotopic (exact) mass is 359 g/mol. The van der Waals surface area contributed by atoms with Gasteiger partial charge in [-0.2, -0.15) is 0 Å². The average Bonchev–Trinajstić information content (AvgIpc) is 2.90. The van der Waals surface area contributed by atoms with Gasteiger partial charge in [0.05, 0.1) is 6.04 Å². The van der Waals surface area contributed by atoms with Crippen LogP contribution in [-0.4, -0.2) is 34.1 Å². The van der Waals surface area contributed by atoms with Crippen molar-refractivity contribution in [2.75, 3.05) is 0 Å². The van der Waals surface area contributed by atoms with E-state index in [-0.39, 0.29) is 23.5 Å². The molecule has 6 heteroatoms. The molecule has 1 saturated carbocycles. The van der Waals surface area contributed by atoms with Crippen molar-refractivity contribution in [1.82, 2.24) is 0 Å². The lowest BCUT2D eigenvalue weighted by Crippen LogP contribution is -2.35. The van der Waals surface area contributed by atoms with Crippen LogP contribution < -0.4 is 5.73 Å². The number of benzene rings is 1. The lowest BCUT2D eigenvalue weighted by molar-refractivity contribution is -0.141. The lowest BCUT2D eigenvalue weighted by Gasteiger charge is -2.23. The molecule has 1 aliphatic heterocycles. The fourth-order valence-corrected chi connectivity index (χ4v) is 3.79. The molecule has 0 aromatic heterocycles. The van der Waals surface area contributed by atoms with Crippen LogP contribution >= 0.6 is 0 Å². The Hall–Kier alpha value is -2.34. The molecule has 0 saturated heterocycles. The minimum Gasteiger partial charge on any atom is -0.508 e. The Bertz CT molecular complexity index is 703. The summed E-state index contributed by atoms with van der Waals surface area (Å²) < 4.78 is 5.25. The highest BCUT2D eigenvalue weighted by Crippen LogP contribution is 2.33. The normalized spacial score (nSPS) is 22.3. The van der Waals surface area contributed by atoms with Crippen LogP contribution in [0.15, 0.2) is 35.6 Å². The number of hydrogen-bond donors (Lipinski definition) is 3. The Balaban J connectivity index is 1.67. The number of carbonyl (C=O) groups excluding carboxylic acids is 2. The number of esters is 1. The molecular formula is C20H25NO5. The van der Waals surface area contributed by atoms with E-state index in [9.17, 15) is 19.8 Å². The fraction of sp³-hybridized carbons (Fsp3) is 0.500. The van der Waals surface area contributed by atoms with Crippen molar-refractivity contribution in [2.24, 2.45) is 11.7 Å². The van der Waals surface area contributed by atoms with Crippen LogP contribution in [0, 0.1) is 5.92 Å². The number of rotatable bonds is 6. The summed E-state index contributed by atoms with van der Waals surface area (Å²) in [5.41, 5.74) is 6.41. The first-order valence-electron chi connectivity index (χ1n) is 9.17. The first-order valence-corrected chi connectivity index (χ1v) is 9.17. The van der Waals surface area contributed by atoms with E-state index in [0.717, 1.165) is 31.2 Å². The minimum atomic E-state index is -0.960. The molecular weight excluding hydrogens is 334 g/mol. The molecule has 2 atom stereocenters. The molecule has 1 heterocycles. The summed E-state index contributed by atoms with van der Waals surface area (Å²) >= 11 is 0. The van der Waals surface area contributed by atoms with E-state index in [1.165, 1.54) is 18.6 Å². The van der Waals surface area contributed by atoms with E-state index in [2.05, 4.69) is 0 Å². The number of aromatic hydroxyl groups is 1. The lowest BCUT2D eigenvalue weighted by atomic mass is 9.85. The molecule has 140 valence electrons. The van der Waals surface area contributed by atoms with Crippen LogP contribution in [0.4, 0.5) is 0 Å². The Morgan fingerprint density at radius 2 is 1.81 bits per heavy atom. The first kappa shape index (κ1) is 18.5. The number of phenols is 1. The SMILES string of the molecule is NC(Cc1ccc(O)cc1)C(=O)C1=C(O)C(CC2CCCCC2)OC1=O. The maximum atomic E-state index is 12.6. The van der Waals surface area contributed by atoms with Crippen molar-refractivity contribution in [3.05, 3.63) is 41.2 Å². The van der Waals surface area contributed by atoms with Crippen molar-refractivity contribution in [3.8, 4) is 5.75 Å². The molecule has 1 aromatic carbocycles. The van der Waals surface area contributed by atoms with Gasteiger partial charge in [0.1, 0.15) is 11.3 Å². The molecule has 6 nitrogen and oxygen atoms in total. The van der Waals surface area contributed by atoms with Crippen LogP contribution in [0.3, 0.4) is 0 Å². The Morgan fingerprint density at radius 1 is 1.15 bits per heavy atom. The van der Waals surface area contributed by atoms with Gasteiger partial charge in [0.25, 0.3) is 0 Å². The molecule has 2 unspecified atom stereocenters. The first-order chi connectivity index (χ1) is 12.5. The van der Waals surface area contributed by atoms with Gasteiger partial charge in [-0.15, -0.1) is 0 Å². The van der Waals surface area contributed by atoms with E-state index in [4.69, 9.17) is 10.5 Å². The molecule has 1 aromatic rings. The number of cyclic esters (lactones) is 1. The van der Waals surface area contributed by atoms with Crippen LogP contribution in [-0.2, 0) is 20.7 Å². The van der Waals surface area contributed by atoms with Crippen LogP contribution in [0.5, 0.6) is 5.75 Å². The summed E-state index contributed by atoms with van der Waals surface area (Å²) in [5, 5.41) is 19.7. The Kier molecular flexibility index (Phi) is 5.61. The van der Waals surface area contributed by atoms with E-state index in [1.807, 2.05) is 0 Å². The molecule has 26 heavy (non-hydrogen) atoms. The van der Waals surface area contributed by atoms with Gasteiger partial charge < -0.3 is 20.7 Å². The second kappa shape index (κ2) is 7.91. The van der Waals surface area contributed by atoms with Crippen molar-refractivity contribution >= 4 is 11.8 Å². The van der Waals surface area contributed by atoms with E-state index in [1.54, 1.807) is 12.1 Å². The molecule has 0 bridgehead atoms. The van der Waals surface area contributed by atoms with Gasteiger partial charge >= 0.3 is 5.97 Å². The third kappa shape index (κ3) is 4.07. The molecule has 0 radical (unpaired) electrons. The predicted molar refractivity (Wildman–Crippen MR) is 95.5 cm³/mol. The zero-order chi connectivity index (χ0) is 18.7. The van der Waals surface area contributed by atoms with Gasteiger partial charge in [-0.1, -0.05) is 44.2 Å². The topological polar surface area (TPSA) is 110 Å². The van der Waals surface area contributed by atoms with E-state index in [0.29, 0.717) is 12.3 Å². The van der Waals surface area contributed by atoms with Gasteiger partial charge in [-0.3, -0.25) is 4.79 Å². The van der Waals surface area contributed by atoms with Crippen molar-refractivity contribution in [3.63, 3.8) is 0 Å². The van der Waals surface area contributed by atoms with Crippen LogP contribution in [0.25, 0.3) is 0 Å². The largest absolute Gasteiger partial charge is 0.508 e. The number of aliphatic hydroxyl groups excluding tert-OH is 1. The summed E-state index contributed by atoms with van der Waals surface area (Å²) in [7, 11) is 0. The van der Waals surface area contributed by atoms with Gasteiger partial charge in [-0.25, -0.2) is 4.79 Å². The van der Waals surface area contributed by atoms with Crippen molar-refractivity contribution < 1.29 is 24.5 Å². The molecule has 2 aliphatic rings. The molecule has 4 N–H and O–H groups in total. The zero-order valence-corrected chi connectivity index (χ0v) is 14.7.